The fourth-order valence-electron chi connectivity index (χ4n) is 2.77. The Labute approximate surface area is 156 Å². The zero-order valence-corrected chi connectivity index (χ0v) is 16.3. The van der Waals surface area contributed by atoms with Gasteiger partial charge in [-0.2, -0.15) is 0 Å². The van der Waals surface area contributed by atoms with Crippen molar-refractivity contribution in [2.45, 2.75) is 32.8 Å². The van der Waals surface area contributed by atoms with Crippen molar-refractivity contribution in [1.29, 1.82) is 0 Å². The molecule has 0 saturated heterocycles. The van der Waals surface area contributed by atoms with Crippen molar-refractivity contribution in [3.8, 4) is 10.8 Å². The van der Waals surface area contributed by atoms with Crippen LogP contribution in [0.5, 0.6) is 0 Å². The lowest BCUT2D eigenvalue weighted by molar-refractivity contribution is 0.178. The van der Waals surface area contributed by atoms with Crippen molar-refractivity contribution in [2.24, 2.45) is 0 Å². The number of furan rings is 1. The second-order valence-electron chi connectivity index (χ2n) is 5.74. The molecule has 0 aliphatic heterocycles. The highest BCUT2D eigenvalue weighted by molar-refractivity contribution is 7.62. The minimum atomic E-state index is -4.24. The number of benzene rings is 1. The molecule has 0 aliphatic carbocycles. The lowest BCUT2D eigenvalue weighted by atomic mass is 10.1. The van der Waals surface area contributed by atoms with Gasteiger partial charge in [-0.1, -0.05) is 44.2 Å². The predicted octanol–water partition coefficient (Wildman–Crippen LogP) is 4.53. The van der Waals surface area contributed by atoms with Gasteiger partial charge in [0.15, 0.2) is 10.8 Å². The SMILES string of the molecule is CCc1oc(-c2nccs2)c(P(=O)(O)OC(CC)c2ccccc2)c1N. The molecule has 0 radical (unpaired) electrons. The van der Waals surface area contributed by atoms with Crippen molar-refractivity contribution in [1.82, 2.24) is 4.98 Å². The van der Waals surface area contributed by atoms with Crippen molar-refractivity contribution >= 4 is 29.9 Å². The average Bonchev–Trinajstić information content (AvgIpc) is 3.28. The molecule has 2 heterocycles. The number of nitrogens with zero attached hydrogens (tertiary/aromatic N) is 1. The van der Waals surface area contributed by atoms with Crippen LogP contribution >= 0.6 is 18.9 Å². The Balaban J connectivity index is 2.04. The topological polar surface area (TPSA) is 98.6 Å². The molecule has 1 aromatic carbocycles. The number of hydrogen-bond donors (Lipinski definition) is 2. The summed E-state index contributed by atoms with van der Waals surface area (Å²) in [6.07, 6.45) is 2.12. The van der Waals surface area contributed by atoms with Crippen LogP contribution in [0.1, 0.15) is 37.7 Å². The van der Waals surface area contributed by atoms with E-state index in [0.717, 1.165) is 5.56 Å². The Morgan fingerprint density at radius 3 is 2.65 bits per heavy atom. The molecule has 0 aliphatic rings. The maximum atomic E-state index is 13.2. The smallest absolute Gasteiger partial charge is 0.365 e. The zero-order valence-electron chi connectivity index (χ0n) is 14.6. The summed E-state index contributed by atoms with van der Waals surface area (Å²) in [5, 5.41) is 2.27. The molecule has 138 valence electrons. The molecule has 2 aromatic heterocycles. The van der Waals surface area contributed by atoms with Gasteiger partial charge in [-0.15, -0.1) is 11.3 Å². The van der Waals surface area contributed by atoms with Crippen LogP contribution in [0.25, 0.3) is 10.8 Å². The van der Waals surface area contributed by atoms with E-state index >= 15 is 0 Å². The van der Waals surface area contributed by atoms with Gasteiger partial charge in [0.2, 0.25) is 0 Å². The largest absolute Gasteiger partial charge is 0.455 e. The minimum absolute atomic E-state index is 0.00122. The molecule has 6 nitrogen and oxygen atoms in total. The molecular formula is C18H21N2O4PS. The summed E-state index contributed by atoms with van der Waals surface area (Å²) < 4.78 is 24.6. The quantitative estimate of drug-likeness (QED) is 0.573. The van der Waals surface area contributed by atoms with Gasteiger partial charge in [-0.05, 0) is 12.0 Å². The lowest BCUT2D eigenvalue weighted by Gasteiger charge is -2.20. The molecule has 2 unspecified atom stereocenters. The van der Waals surface area contributed by atoms with E-state index in [1.807, 2.05) is 44.2 Å². The summed E-state index contributed by atoms with van der Waals surface area (Å²) in [5.41, 5.74) is 7.12. The standard InChI is InChI=1S/C18H21N2O4PS/c1-3-13(12-8-6-5-7-9-12)24-25(21,22)17-15(19)14(4-2)23-16(17)18-20-10-11-26-18/h5-11,13H,3-4,19H2,1-2H3,(H,21,22). The third kappa shape index (κ3) is 3.62. The minimum Gasteiger partial charge on any atom is -0.455 e. The number of nitrogens with two attached hydrogens (primary N) is 1. The molecule has 3 aromatic rings. The van der Waals surface area contributed by atoms with E-state index in [4.69, 9.17) is 14.7 Å². The average molecular weight is 392 g/mol. The summed E-state index contributed by atoms with van der Waals surface area (Å²) in [6.45, 7) is 3.77. The van der Waals surface area contributed by atoms with Crippen molar-refractivity contribution in [3.63, 3.8) is 0 Å². The van der Waals surface area contributed by atoms with Gasteiger partial charge in [-0.25, -0.2) is 4.98 Å². The summed E-state index contributed by atoms with van der Waals surface area (Å²) >= 11 is 1.31. The molecule has 26 heavy (non-hydrogen) atoms. The van der Waals surface area contributed by atoms with Crippen molar-refractivity contribution in [3.05, 3.63) is 53.2 Å². The van der Waals surface area contributed by atoms with E-state index < -0.39 is 13.7 Å². The third-order valence-electron chi connectivity index (χ3n) is 4.04. The summed E-state index contributed by atoms with van der Waals surface area (Å²) in [4.78, 5) is 15.0. The Hall–Kier alpha value is -1.92. The number of nitrogen functional groups attached to an aromatic ring is 1. The van der Waals surface area contributed by atoms with Gasteiger partial charge < -0.3 is 15.0 Å². The lowest BCUT2D eigenvalue weighted by Crippen LogP contribution is -2.15. The first-order valence-corrected chi connectivity index (χ1v) is 10.8. The van der Waals surface area contributed by atoms with Gasteiger partial charge in [0.05, 0.1) is 11.8 Å². The first kappa shape index (κ1) is 18.9. The summed E-state index contributed by atoms with van der Waals surface area (Å²) in [7, 11) is -4.24. The first-order chi connectivity index (χ1) is 12.5. The fraction of sp³-hybridized carbons (Fsp3) is 0.278. The summed E-state index contributed by atoms with van der Waals surface area (Å²) in [5.74, 6) is 0.666. The highest BCUT2D eigenvalue weighted by Gasteiger charge is 2.37. The van der Waals surface area contributed by atoms with E-state index in [2.05, 4.69) is 4.98 Å². The van der Waals surface area contributed by atoms with E-state index in [0.29, 0.717) is 23.6 Å². The molecule has 0 fully saturated rings. The first-order valence-electron chi connectivity index (χ1n) is 8.35. The van der Waals surface area contributed by atoms with Crippen LogP contribution in [0.4, 0.5) is 5.69 Å². The molecule has 0 spiro atoms. The van der Waals surface area contributed by atoms with Crippen LogP contribution in [-0.4, -0.2) is 9.88 Å². The molecule has 2 atom stereocenters. The number of aryl methyl sites for hydroxylation is 1. The maximum absolute atomic E-state index is 13.2. The summed E-state index contributed by atoms with van der Waals surface area (Å²) in [6, 6.07) is 9.35. The fourth-order valence-corrected chi connectivity index (χ4v) is 5.03. The van der Waals surface area contributed by atoms with Crippen LogP contribution in [0.2, 0.25) is 0 Å². The Morgan fingerprint density at radius 2 is 2.08 bits per heavy atom. The number of aromatic nitrogens is 1. The van der Waals surface area contributed by atoms with Crippen LogP contribution in [0, 0.1) is 0 Å². The van der Waals surface area contributed by atoms with Gasteiger partial charge in [0.25, 0.3) is 0 Å². The van der Waals surface area contributed by atoms with Crippen molar-refractivity contribution in [2.75, 3.05) is 5.73 Å². The van der Waals surface area contributed by atoms with Crippen LogP contribution in [-0.2, 0) is 15.5 Å². The second-order valence-corrected chi connectivity index (χ2v) is 8.33. The van der Waals surface area contributed by atoms with Gasteiger partial charge >= 0.3 is 7.60 Å². The van der Waals surface area contributed by atoms with E-state index in [-0.39, 0.29) is 16.8 Å². The third-order valence-corrected chi connectivity index (χ3v) is 6.36. The maximum Gasteiger partial charge on any atom is 0.365 e. The highest BCUT2D eigenvalue weighted by Crippen LogP contribution is 2.51. The van der Waals surface area contributed by atoms with Gasteiger partial charge in [-0.3, -0.25) is 9.09 Å². The highest BCUT2D eigenvalue weighted by atomic mass is 32.1. The second kappa shape index (κ2) is 7.76. The number of thiazole rings is 1. The number of hydrogen-bond acceptors (Lipinski definition) is 6. The van der Waals surface area contributed by atoms with Crippen molar-refractivity contribution < 1.29 is 18.4 Å². The van der Waals surface area contributed by atoms with Crippen LogP contribution in [0.15, 0.2) is 46.3 Å². The molecule has 3 N–H and O–H groups in total. The molecule has 0 amide bonds. The number of anilines is 1. The Morgan fingerprint density at radius 1 is 1.35 bits per heavy atom. The van der Waals surface area contributed by atoms with Gasteiger partial charge in [0.1, 0.15) is 11.1 Å². The Kier molecular flexibility index (Phi) is 5.63. The monoisotopic (exact) mass is 392 g/mol. The van der Waals surface area contributed by atoms with E-state index in [1.54, 1.807) is 11.6 Å². The molecule has 3 rings (SSSR count). The zero-order chi connectivity index (χ0) is 18.7. The molecule has 0 saturated carbocycles. The van der Waals surface area contributed by atoms with Gasteiger partial charge in [0, 0.05) is 18.0 Å². The van der Waals surface area contributed by atoms with Crippen LogP contribution in [0.3, 0.4) is 0 Å². The molecular weight excluding hydrogens is 371 g/mol. The molecule has 0 bridgehead atoms. The van der Waals surface area contributed by atoms with E-state index in [1.165, 1.54) is 11.3 Å². The van der Waals surface area contributed by atoms with E-state index in [9.17, 15) is 9.46 Å². The Bertz CT molecular complexity index is 909. The molecule has 8 heteroatoms. The normalized spacial score (nSPS) is 14.9. The predicted molar refractivity (Wildman–Crippen MR) is 104 cm³/mol. The van der Waals surface area contributed by atoms with Crippen LogP contribution < -0.4 is 11.0 Å². The number of rotatable bonds is 7.